The molecule has 0 amide bonds. The Morgan fingerprint density at radius 3 is 2.33 bits per heavy atom. The highest BCUT2D eigenvalue weighted by Crippen LogP contribution is 2.30. The second-order valence-corrected chi connectivity index (χ2v) is 7.56. The third kappa shape index (κ3) is 4.06. The van der Waals surface area contributed by atoms with E-state index in [4.69, 9.17) is 5.11 Å². The molecule has 1 heterocycles. The van der Waals surface area contributed by atoms with E-state index >= 15 is 0 Å². The second-order valence-electron chi connectivity index (χ2n) is 4.86. The van der Waals surface area contributed by atoms with Crippen LogP contribution in [0.3, 0.4) is 0 Å². The average molecular weight is 417 g/mol. The average Bonchev–Trinajstić information content (AvgIpc) is 3.06. The van der Waals surface area contributed by atoms with E-state index in [9.17, 15) is 27.2 Å². The van der Waals surface area contributed by atoms with Gasteiger partial charge in [-0.3, -0.25) is 4.72 Å². The molecule has 0 aliphatic rings. The first-order valence-corrected chi connectivity index (χ1v) is 9.27. The van der Waals surface area contributed by atoms with Crippen molar-refractivity contribution in [3.63, 3.8) is 0 Å². The number of carbonyl (C=O) groups is 3. The standard InChI is InChI=1S/C15H12FNO8S2/c1-24-14(20)9-6-10(12(26-9)15(21)25-2)27(22,23)17-8-5-3-4-7(16)11(8)13(18)19/h3-6,17H,1-2H3,(H,18,19). The second kappa shape index (κ2) is 7.72. The van der Waals surface area contributed by atoms with Crippen LogP contribution in [-0.4, -0.2) is 45.7 Å². The molecule has 0 aliphatic carbocycles. The lowest BCUT2D eigenvalue weighted by atomic mass is 10.2. The van der Waals surface area contributed by atoms with Crippen molar-refractivity contribution in [2.75, 3.05) is 18.9 Å². The maximum atomic E-state index is 13.7. The van der Waals surface area contributed by atoms with E-state index in [2.05, 4.69) is 9.47 Å². The van der Waals surface area contributed by atoms with E-state index in [1.807, 2.05) is 4.72 Å². The first-order valence-electron chi connectivity index (χ1n) is 6.97. The van der Waals surface area contributed by atoms with Gasteiger partial charge in [-0.05, 0) is 18.2 Å². The van der Waals surface area contributed by atoms with Gasteiger partial charge in [-0.15, -0.1) is 11.3 Å². The van der Waals surface area contributed by atoms with Crippen molar-refractivity contribution in [2.24, 2.45) is 0 Å². The summed E-state index contributed by atoms with van der Waals surface area (Å²) in [6.07, 6.45) is 0. The maximum Gasteiger partial charge on any atom is 0.349 e. The number of hydrogen-bond acceptors (Lipinski definition) is 8. The van der Waals surface area contributed by atoms with Gasteiger partial charge in [0.1, 0.15) is 26.0 Å². The van der Waals surface area contributed by atoms with E-state index in [1.54, 1.807) is 0 Å². The van der Waals surface area contributed by atoms with Crippen molar-refractivity contribution >= 4 is 45.0 Å². The highest BCUT2D eigenvalue weighted by molar-refractivity contribution is 7.93. The minimum atomic E-state index is -4.57. The largest absolute Gasteiger partial charge is 0.478 e. The minimum Gasteiger partial charge on any atom is -0.478 e. The lowest BCUT2D eigenvalue weighted by Crippen LogP contribution is -2.18. The molecule has 2 N–H and O–H groups in total. The number of anilines is 1. The number of hydrogen-bond donors (Lipinski definition) is 2. The molecule has 0 saturated heterocycles. The number of carboxylic acids is 1. The van der Waals surface area contributed by atoms with Crippen LogP contribution in [0.2, 0.25) is 0 Å². The lowest BCUT2D eigenvalue weighted by Gasteiger charge is -2.11. The van der Waals surface area contributed by atoms with Crippen LogP contribution in [0.4, 0.5) is 10.1 Å². The van der Waals surface area contributed by atoms with Crippen molar-refractivity contribution in [3.05, 3.63) is 45.4 Å². The van der Waals surface area contributed by atoms with Gasteiger partial charge in [-0.2, -0.15) is 0 Å². The van der Waals surface area contributed by atoms with Gasteiger partial charge in [-0.1, -0.05) is 6.07 Å². The van der Waals surface area contributed by atoms with E-state index in [0.717, 1.165) is 38.5 Å². The highest BCUT2D eigenvalue weighted by Gasteiger charge is 2.30. The molecule has 0 radical (unpaired) electrons. The molecule has 2 rings (SSSR count). The van der Waals surface area contributed by atoms with Crippen molar-refractivity contribution < 1.29 is 41.8 Å². The number of aromatic carboxylic acids is 1. The predicted octanol–water partition coefficient (Wildman–Crippen LogP) is 1.96. The molecule has 0 fully saturated rings. The molecule has 9 nitrogen and oxygen atoms in total. The van der Waals surface area contributed by atoms with Gasteiger partial charge in [0.2, 0.25) is 0 Å². The van der Waals surface area contributed by atoms with Crippen molar-refractivity contribution in [1.29, 1.82) is 0 Å². The van der Waals surface area contributed by atoms with Gasteiger partial charge in [0.05, 0.1) is 19.9 Å². The van der Waals surface area contributed by atoms with Gasteiger partial charge in [0.25, 0.3) is 10.0 Å². The van der Waals surface area contributed by atoms with Gasteiger partial charge in [-0.25, -0.2) is 27.2 Å². The molecule has 1 aromatic heterocycles. The van der Waals surface area contributed by atoms with Gasteiger partial charge < -0.3 is 14.6 Å². The Bertz CT molecular complexity index is 1030. The molecule has 0 spiro atoms. The maximum absolute atomic E-state index is 13.7. The van der Waals surface area contributed by atoms with E-state index in [-0.39, 0.29) is 4.88 Å². The predicted molar refractivity (Wildman–Crippen MR) is 91.2 cm³/mol. The Morgan fingerprint density at radius 2 is 1.78 bits per heavy atom. The summed E-state index contributed by atoms with van der Waals surface area (Å²) in [5.41, 5.74) is -1.45. The number of nitrogens with one attached hydrogen (secondary N) is 1. The topological polar surface area (TPSA) is 136 Å². The number of sulfonamides is 1. The zero-order valence-corrected chi connectivity index (χ0v) is 15.4. The summed E-state index contributed by atoms with van der Waals surface area (Å²) in [5, 5.41) is 9.10. The van der Waals surface area contributed by atoms with Crippen molar-refractivity contribution in [1.82, 2.24) is 0 Å². The Kier molecular flexibility index (Phi) is 5.81. The number of halogens is 1. The summed E-state index contributed by atoms with van der Waals surface area (Å²) in [5.74, 6) is -4.77. The Labute approximate surface area is 156 Å². The summed E-state index contributed by atoms with van der Waals surface area (Å²) in [7, 11) is -2.49. The third-order valence-corrected chi connectivity index (χ3v) is 5.83. The summed E-state index contributed by atoms with van der Waals surface area (Å²) in [6, 6.07) is 3.87. The molecular formula is C15H12FNO8S2. The molecule has 0 saturated carbocycles. The number of rotatable bonds is 6. The molecular weight excluding hydrogens is 405 g/mol. The first kappa shape index (κ1) is 20.3. The van der Waals surface area contributed by atoms with Gasteiger partial charge in [0.15, 0.2) is 0 Å². The minimum absolute atomic E-state index is 0.198. The monoisotopic (exact) mass is 417 g/mol. The smallest absolute Gasteiger partial charge is 0.349 e. The Balaban J connectivity index is 2.59. The van der Waals surface area contributed by atoms with E-state index in [1.165, 1.54) is 0 Å². The number of carboxylic acid groups (broad SMARTS) is 1. The number of carbonyl (C=O) groups excluding carboxylic acids is 2. The van der Waals surface area contributed by atoms with Crippen LogP contribution in [0.1, 0.15) is 29.7 Å². The van der Waals surface area contributed by atoms with Crippen molar-refractivity contribution in [2.45, 2.75) is 4.90 Å². The van der Waals surface area contributed by atoms with Crippen LogP contribution in [0.15, 0.2) is 29.2 Å². The molecule has 1 aromatic carbocycles. The number of ether oxygens (including phenoxy) is 2. The van der Waals surface area contributed by atoms with E-state index in [0.29, 0.717) is 11.3 Å². The fourth-order valence-corrected chi connectivity index (χ4v) is 4.62. The summed E-state index contributed by atoms with van der Waals surface area (Å²) in [6.45, 7) is 0. The lowest BCUT2D eigenvalue weighted by molar-refractivity contribution is 0.0596. The number of benzene rings is 1. The van der Waals surface area contributed by atoms with Crippen LogP contribution in [0.5, 0.6) is 0 Å². The zero-order chi connectivity index (χ0) is 20.4. The molecule has 144 valence electrons. The Hall–Kier alpha value is -2.99. The molecule has 0 unspecified atom stereocenters. The highest BCUT2D eigenvalue weighted by atomic mass is 32.2. The summed E-state index contributed by atoms with van der Waals surface area (Å²) in [4.78, 5) is 33.5. The number of methoxy groups -OCH3 is 2. The fraction of sp³-hybridized carbons (Fsp3) is 0.133. The molecule has 12 heteroatoms. The SMILES string of the molecule is COC(=O)c1cc(S(=O)(=O)Nc2cccc(F)c2C(=O)O)c(C(=O)OC)s1. The van der Waals surface area contributed by atoms with E-state index < -0.39 is 54.8 Å². The Morgan fingerprint density at radius 1 is 1.15 bits per heavy atom. The molecule has 2 aromatic rings. The molecule has 0 aliphatic heterocycles. The third-order valence-electron chi connectivity index (χ3n) is 3.22. The van der Waals surface area contributed by atoms with Gasteiger partial charge >= 0.3 is 17.9 Å². The zero-order valence-electron chi connectivity index (χ0n) is 13.8. The fourth-order valence-electron chi connectivity index (χ4n) is 2.04. The molecule has 0 bridgehead atoms. The molecule has 0 atom stereocenters. The number of thiophene rings is 1. The quantitative estimate of drug-likeness (QED) is 0.681. The van der Waals surface area contributed by atoms with Gasteiger partial charge in [0, 0.05) is 0 Å². The van der Waals surface area contributed by atoms with Crippen LogP contribution in [0.25, 0.3) is 0 Å². The van der Waals surface area contributed by atoms with Crippen LogP contribution < -0.4 is 4.72 Å². The first-order chi connectivity index (χ1) is 12.6. The summed E-state index contributed by atoms with van der Waals surface area (Å²) < 4.78 is 50.0. The van der Waals surface area contributed by atoms with Crippen LogP contribution in [-0.2, 0) is 19.5 Å². The summed E-state index contributed by atoms with van der Waals surface area (Å²) >= 11 is 0.517. The normalized spacial score (nSPS) is 10.9. The van der Waals surface area contributed by atoms with Crippen molar-refractivity contribution in [3.8, 4) is 0 Å². The van der Waals surface area contributed by atoms with Crippen LogP contribution >= 0.6 is 11.3 Å². The molecule has 27 heavy (non-hydrogen) atoms. The number of esters is 2. The van der Waals surface area contributed by atoms with Crippen LogP contribution in [0, 0.1) is 5.82 Å².